The number of carbonyl (C=O) groups is 3. The number of carbonyl (C=O) groups excluding carboxylic acids is 2. The maximum absolute atomic E-state index is 13.0. The van der Waals surface area contributed by atoms with E-state index in [-0.39, 0.29) is 26.4 Å². The zero-order valence-electron chi connectivity index (χ0n) is 21.7. The summed E-state index contributed by atoms with van der Waals surface area (Å²) >= 11 is 12.3. The van der Waals surface area contributed by atoms with E-state index in [0.717, 1.165) is 0 Å². The van der Waals surface area contributed by atoms with Gasteiger partial charge in [0.2, 0.25) is 0 Å². The number of nitrogens with one attached hydrogen (secondary N) is 2. The second-order valence-electron chi connectivity index (χ2n) is 9.18. The highest BCUT2D eigenvalue weighted by atomic mass is 35.5. The molecule has 1 heterocycles. The lowest BCUT2D eigenvalue weighted by Crippen LogP contribution is -2.52. The molecule has 10 nitrogen and oxygen atoms in total. The SMILES string of the molecule is O=C(O)[C@H](Cc1ccc(OCc2c(Cl)cccc2Cl)cc1)NC(=O)[C@@H]1OCO[C@H]1C(=O)N[C@@H](CO)c1ccccc1. The summed E-state index contributed by atoms with van der Waals surface area (Å²) in [6.07, 6.45) is -2.74. The fourth-order valence-corrected chi connectivity index (χ4v) is 4.70. The minimum Gasteiger partial charge on any atom is -0.489 e. The molecule has 3 aromatic rings. The van der Waals surface area contributed by atoms with Crippen LogP contribution in [-0.2, 0) is 36.9 Å². The van der Waals surface area contributed by atoms with Gasteiger partial charge in [0.15, 0.2) is 12.2 Å². The van der Waals surface area contributed by atoms with E-state index in [1.807, 2.05) is 0 Å². The molecule has 0 aromatic heterocycles. The lowest BCUT2D eigenvalue weighted by atomic mass is 10.0. The van der Waals surface area contributed by atoms with Crippen molar-refractivity contribution in [3.8, 4) is 5.75 Å². The highest BCUT2D eigenvalue weighted by Crippen LogP contribution is 2.26. The Balaban J connectivity index is 1.34. The molecule has 216 valence electrons. The van der Waals surface area contributed by atoms with Gasteiger partial charge in [-0.1, -0.05) is 71.7 Å². The van der Waals surface area contributed by atoms with Crippen LogP contribution in [0.2, 0.25) is 10.0 Å². The quantitative estimate of drug-likeness (QED) is 0.247. The molecule has 2 amide bonds. The zero-order valence-corrected chi connectivity index (χ0v) is 23.2. The van der Waals surface area contributed by atoms with Crippen LogP contribution in [0.4, 0.5) is 0 Å². The molecule has 1 fully saturated rings. The molecule has 1 aliphatic rings. The second kappa shape index (κ2) is 14.3. The molecule has 0 radical (unpaired) electrons. The second-order valence-corrected chi connectivity index (χ2v) is 10.00. The van der Waals surface area contributed by atoms with E-state index in [1.54, 1.807) is 72.8 Å². The molecule has 1 aliphatic heterocycles. The van der Waals surface area contributed by atoms with Gasteiger partial charge >= 0.3 is 5.97 Å². The summed E-state index contributed by atoms with van der Waals surface area (Å²) in [6.45, 7) is -0.558. The van der Waals surface area contributed by atoms with E-state index in [2.05, 4.69) is 10.6 Å². The van der Waals surface area contributed by atoms with Gasteiger partial charge in [0.25, 0.3) is 11.8 Å². The van der Waals surface area contributed by atoms with Crippen LogP contribution in [-0.4, -0.2) is 59.6 Å². The summed E-state index contributed by atoms with van der Waals surface area (Å²) in [5.41, 5.74) is 1.93. The van der Waals surface area contributed by atoms with Crippen molar-refractivity contribution >= 4 is 41.0 Å². The molecule has 0 unspecified atom stereocenters. The Morgan fingerprint density at radius 2 is 1.49 bits per heavy atom. The van der Waals surface area contributed by atoms with Crippen molar-refractivity contribution in [3.05, 3.63) is 99.5 Å². The molecule has 4 atom stereocenters. The van der Waals surface area contributed by atoms with Gasteiger partial charge in [0.1, 0.15) is 25.2 Å². The number of hydrogen-bond donors (Lipinski definition) is 4. The number of aliphatic hydroxyl groups is 1. The standard InChI is InChI=1S/C29H28Cl2N2O8/c30-21-7-4-8-22(31)20(21)15-39-19-11-9-17(10-12-19)13-23(29(37)38)32-27(35)25-26(41-16-40-25)28(36)33-24(14-34)18-5-2-1-3-6-18/h1-12,23-26,34H,13-16H2,(H,32,35)(H,33,36)(H,37,38)/t23-,24-,25+,26+/m0/s1. The molecule has 0 spiro atoms. The molecule has 3 aromatic carbocycles. The van der Waals surface area contributed by atoms with Crippen LogP contribution in [0.1, 0.15) is 22.7 Å². The average molecular weight is 603 g/mol. The smallest absolute Gasteiger partial charge is 0.326 e. The van der Waals surface area contributed by atoms with Crippen LogP contribution < -0.4 is 15.4 Å². The monoisotopic (exact) mass is 602 g/mol. The summed E-state index contributed by atoms with van der Waals surface area (Å²) in [5.74, 6) is -2.24. The molecule has 41 heavy (non-hydrogen) atoms. The van der Waals surface area contributed by atoms with Crippen molar-refractivity contribution in [2.24, 2.45) is 0 Å². The lowest BCUT2D eigenvalue weighted by Gasteiger charge is -2.22. The molecular formula is C29H28Cl2N2O8. The fraction of sp³-hybridized carbons (Fsp3) is 0.276. The summed E-state index contributed by atoms with van der Waals surface area (Å²) < 4.78 is 16.4. The highest BCUT2D eigenvalue weighted by Gasteiger charge is 2.42. The highest BCUT2D eigenvalue weighted by molar-refractivity contribution is 6.35. The fourth-order valence-electron chi connectivity index (χ4n) is 4.20. The Morgan fingerprint density at radius 3 is 2.07 bits per heavy atom. The van der Waals surface area contributed by atoms with Crippen LogP contribution in [0.3, 0.4) is 0 Å². The zero-order chi connectivity index (χ0) is 29.4. The van der Waals surface area contributed by atoms with Crippen molar-refractivity contribution in [2.75, 3.05) is 13.4 Å². The Morgan fingerprint density at radius 1 is 0.878 bits per heavy atom. The van der Waals surface area contributed by atoms with Crippen molar-refractivity contribution in [3.63, 3.8) is 0 Å². The van der Waals surface area contributed by atoms with Crippen molar-refractivity contribution in [1.29, 1.82) is 0 Å². The van der Waals surface area contributed by atoms with Crippen LogP contribution in [0.25, 0.3) is 0 Å². The van der Waals surface area contributed by atoms with Crippen LogP contribution in [0.5, 0.6) is 5.75 Å². The minimum absolute atomic E-state index is 0.0390. The van der Waals surface area contributed by atoms with E-state index in [0.29, 0.717) is 32.5 Å². The predicted octanol–water partition coefficient (Wildman–Crippen LogP) is 3.28. The molecule has 4 N–H and O–H groups in total. The Hall–Kier alpha value is -3.67. The number of aliphatic hydroxyl groups excluding tert-OH is 1. The van der Waals surface area contributed by atoms with Gasteiger partial charge in [0.05, 0.1) is 12.6 Å². The normalized spacial score (nSPS) is 17.8. The van der Waals surface area contributed by atoms with Crippen molar-refractivity contribution < 1.29 is 38.8 Å². The maximum Gasteiger partial charge on any atom is 0.326 e. The number of rotatable bonds is 12. The van der Waals surface area contributed by atoms with Crippen LogP contribution >= 0.6 is 23.2 Å². The largest absolute Gasteiger partial charge is 0.489 e. The van der Waals surface area contributed by atoms with E-state index < -0.39 is 42.1 Å². The molecule has 12 heteroatoms. The van der Waals surface area contributed by atoms with Gasteiger partial charge in [-0.15, -0.1) is 0 Å². The average Bonchev–Trinajstić information content (AvgIpc) is 3.47. The van der Waals surface area contributed by atoms with E-state index in [9.17, 15) is 24.6 Å². The number of ether oxygens (including phenoxy) is 3. The van der Waals surface area contributed by atoms with E-state index >= 15 is 0 Å². The number of hydrogen-bond acceptors (Lipinski definition) is 7. The first-order valence-corrected chi connectivity index (χ1v) is 13.4. The Labute approximate surface area is 246 Å². The van der Waals surface area contributed by atoms with Crippen LogP contribution in [0.15, 0.2) is 72.8 Å². The summed E-state index contributed by atoms with van der Waals surface area (Å²) in [7, 11) is 0. The van der Waals surface area contributed by atoms with E-state index in [1.165, 1.54) is 0 Å². The molecule has 0 saturated carbocycles. The Kier molecular flexibility index (Phi) is 10.6. The first-order valence-electron chi connectivity index (χ1n) is 12.6. The van der Waals surface area contributed by atoms with E-state index in [4.69, 9.17) is 37.4 Å². The number of carboxylic acids is 1. The summed E-state index contributed by atoms with van der Waals surface area (Å²) in [4.78, 5) is 37.8. The number of amides is 2. The van der Waals surface area contributed by atoms with Gasteiger partial charge in [-0.05, 0) is 35.4 Å². The molecule has 4 rings (SSSR count). The number of halogens is 2. The van der Waals surface area contributed by atoms with Gasteiger partial charge in [0, 0.05) is 22.0 Å². The predicted molar refractivity (Wildman–Crippen MR) is 150 cm³/mol. The van der Waals surface area contributed by atoms with Gasteiger partial charge in [-0.2, -0.15) is 0 Å². The number of aliphatic carboxylic acids is 1. The first-order chi connectivity index (χ1) is 19.8. The summed E-state index contributed by atoms with van der Waals surface area (Å²) in [6, 6.07) is 18.6. The van der Waals surface area contributed by atoms with Crippen molar-refractivity contribution in [1.82, 2.24) is 10.6 Å². The maximum atomic E-state index is 13.0. The third-order valence-electron chi connectivity index (χ3n) is 6.41. The third kappa shape index (κ3) is 7.96. The third-order valence-corrected chi connectivity index (χ3v) is 7.12. The molecular weight excluding hydrogens is 575 g/mol. The molecule has 1 saturated heterocycles. The molecule has 0 bridgehead atoms. The number of carboxylic acid groups (broad SMARTS) is 1. The minimum atomic E-state index is -1.38. The van der Waals surface area contributed by atoms with Gasteiger partial charge in [-0.25, -0.2) is 4.79 Å². The lowest BCUT2D eigenvalue weighted by molar-refractivity contribution is -0.144. The topological polar surface area (TPSA) is 143 Å². The first kappa shape index (κ1) is 30.3. The van der Waals surface area contributed by atoms with Gasteiger partial charge in [-0.3, -0.25) is 9.59 Å². The Bertz CT molecular complexity index is 1340. The molecule has 0 aliphatic carbocycles. The van der Waals surface area contributed by atoms with Crippen LogP contribution in [0, 0.1) is 0 Å². The van der Waals surface area contributed by atoms with Gasteiger partial charge < -0.3 is 35.1 Å². The van der Waals surface area contributed by atoms with Crippen molar-refractivity contribution in [2.45, 2.75) is 37.3 Å². The summed E-state index contributed by atoms with van der Waals surface area (Å²) in [5, 5.41) is 25.5. The number of benzene rings is 3.